The Morgan fingerprint density at radius 1 is 1.33 bits per heavy atom. The Hall–Kier alpha value is -0.490. The average Bonchev–Trinajstić information content (AvgIpc) is 2.38. The summed E-state index contributed by atoms with van der Waals surface area (Å²) in [6.07, 6.45) is 3.75. The van der Waals surface area contributed by atoms with Crippen molar-refractivity contribution in [3.05, 3.63) is 34.1 Å². The van der Waals surface area contributed by atoms with E-state index in [2.05, 4.69) is 46.9 Å². The predicted octanol–water partition coefficient (Wildman–Crippen LogP) is 3.00. The Balaban J connectivity index is 2.14. The molecule has 1 unspecified atom stereocenters. The second-order valence-corrected chi connectivity index (χ2v) is 7.17. The topological polar surface area (TPSA) is 32.5 Å². The maximum Gasteiger partial charge on any atom is 0.137 e. The van der Waals surface area contributed by atoms with Crippen molar-refractivity contribution in [1.29, 1.82) is 0 Å². The molecule has 0 radical (unpaired) electrons. The van der Waals surface area contributed by atoms with Crippen molar-refractivity contribution in [3.8, 4) is 0 Å². The van der Waals surface area contributed by atoms with Crippen LogP contribution in [0.25, 0.3) is 0 Å². The largest absolute Gasteiger partial charge is 0.329 e. The van der Waals surface area contributed by atoms with Crippen molar-refractivity contribution in [2.45, 2.75) is 30.8 Å². The molecule has 5 heteroatoms. The van der Waals surface area contributed by atoms with E-state index in [9.17, 15) is 4.39 Å². The summed E-state index contributed by atoms with van der Waals surface area (Å²) in [7, 11) is 6.41. The van der Waals surface area contributed by atoms with E-state index in [1.165, 1.54) is 25.3 Å². The van der Waals surface area contributed by atoms with Crippen molar-refractivity contribution >= 4 is 15.9 Å². The fourth-order valence-corrected chi connectivity index (χ4v) is 3.59. The van der Waals surface area contributed by atoms with Gasteiger partial charge in [0.05, 0.1) is 4.47 Å². The molecule has 0 amide bonds. The lowest BCUT2D eigenvalue weighted by Crippen LogP contribution is -2.57. The molecule has 0 aromatic heterocycles. The van der Waals surface area contributed by atoms with Gasteiger partial charge in [-0.1, -0.05) is 6.07 Å². The first kappa shape index (κ1) is 16.9. The van der Waals surface area contributed by atoms with Crippen LogP contribution in [-0.2, 0) is 0 Å². The molecule has 0 saturated heterocycles. The lowest BCUT2D eigenvalue weighted by molar-refractivity contribution is 0.0168. The highest BCUT2D eigenvalue weighted by molar-refractivity contribution is 9.10. The summed E-state index contributed by atoms with van der Waals surface area (Å²) in [6, 6.07) is 5.28. The molecule has 118 valence electrons. The van der Waals surface area contributed by atoms with Gasteiger partial charge < -0.3 is 10.6 Å². The Labute approximate surface area is 135 Å². The average molecular weight is 358 g/mol. The van der Waals surface area contributed by atoms with E-state index in [1.54, 1.807) is 0 Å². The molecule has 0 spiro atoms. The van der Waals surface area contributed by atoms with E-state index in [4.69, 9.17) is 5.73 Å². The molecule has 1 aromatic carbocycles. The maximum absolute atomic E-state index is 13.4. The third kappa shape index (κ3) is 3.47. The van der Waals surface area contributed by atoms with Crippen LogP contribution >= 0.6 is 15.9 Å². The molecule has 0 heterocycles. The molecule has 1 fully saturated rings. The zero-order valence-corrected chi connectivity index (χ0v) is 14.7. The molecule has 2 rings (SSSR count). The van der Waals surface area contributed by atoms with Gasteiger partial charge in [0.25, 0.3) is 0 Å². The van der Waals surface area contributed by atoms with Gasteiger partial charge in [-0.3, -0.25) is 4.90 Å². The van der Waals surface area contributed by atoms with Gasteiger partial charge in [0.15, 0.2) is 0 Å². The highest BCUT2D eigenvalue weighted by Gasteiger charge is 2.40. The normalized spacial score (nSPS) is 18.9. The van der Waals surface area contributed by atoms with E-state index >= 15 is 0 Å². The third-order valence-corrected chi connectivity index (χ3v) is 5.47. The first-order valence-corrected chi connectivity index (χ1v) is 8.21. The third-order valence-electron chi connectivity index (χ3n) is 4.86. The zero-order valence-electron chi connectivity index (χ0n) is 13.1. The fourth-order valence-electron chi connectivity index (χ4n) is 3.20. The molecule has 0 bridgehead atoms. The minimum atomic E-state index is -0.235. The Morgan fingerprint density at radius 2 is 2.00 bits per heavy atom. The molecule has 1 aliphatic carbocycles. The summed E-state index contributed by atoms with van der Waals surface area (Å²) in [4.78, 5) is 4.64. The minimum absolute atomic E-state index is 0.110. The summed E-state index contributed by atoms with van der Waals surface area (Å²) in [6.45, 7) is 1.51. The van der Waals surface area contributed by atoms with Crippen LogP contribution in [0, 0.1) is 5.82 Å². The van der Waals surface area contributed by atoms with Crippen LogP contribution in [0.15, 0.2) is 22.7 Å². The van der Waals surface area contributed by atoms with Gasteiger partial charge in [-0.05, 0) is 74.0 Å². The molecule has 0 aliphatic heterocycles. The van der Waals surface area contributed by atoms with Crippen LogP contribution < -0.4 is 5.73 Å². The minimum Gasteiger partial charge on any atom is -0.329 e. The Kier molecular flexibility index (Phi) is 5.41. The highest BCUT2D eigenvalue weighted by atomic mass is 79.9. The molecule has 1 atom stereocenters. The molecule has 3 nitrogen and oxygen atoms in total. The van der Waals surface area contributed by atoms with Crippen LogP contribution in [0.4, 0.5) is 4.39 Å². The van der Waals surface area contributed by atoms with Crippen LogP contribution in [0.3, 0.4) is 0 Å². The van der Waals surface area contributed by atoms with Gasteiger partial charge in [0.1, 0.15) is 5.82 Å². The van der Waals surface area contributed by atoms with Gasteiger partial charge in [0.2, 0.25) is 0 Å². The number of benzene rings is 1. The smallest absolute Gasteiger partial charge is 0.137 e. The van der Waals surface area contributed by atoms with E-state index in [0.29, 0.717) is 11.0 Å². The molecular formula is C16H25BrFN3. The number of rotatable bonds is 6. The van der Waals surface area contributed by atoms with E-state index < -0.39 is 0 Å². The molecule has 21 heavy (non-hydrogen) atoms. The van der Waals surface area contributed by atoms with E-state index in [-0.39, 0.29) is 17.4 Å². The van der Waals surface area contributed by atoms with Gasteiger partial charge >= 0.3 is 0 Å². The van der Waals surface area contributed by atoms with Crippen LogP contribution in [0.1, 0.15) is 30.9 Å². The van der Waals surface area contributed by atoms with Crippen LogP contribution in [0.5, 0.6) is 0 Å². The Morgan fingerprint density at radius 3 is 2.43 bits per heavy atom. The molecule has 1 aromatic rings. The Bertz CT molecular complexity index is 488. The number of nitrogens with two attached hydrogens (primary N) is 1. The second-order valence-electron chi connectivity index (χ2n) is 6.31. The van der Waals surface area contributed by atoms with Crippen molar-refractivity contribution < 1.29 is 4.39 Å². The second kappa shape index (κ2) is 6.73. The molecule has 1 aliphatic rings. The molecule has 1 saturated carbocycles. The van der Waals surface area contributed by atoms with Gasteiger partial charge in [-0.2, -0.15) is 0 Å². The molecular weight excluding hydrogens is 333 g/mol. The summed E-state index contributed by atoms with van der Waals surface area (Å²) in [5.74, 6) is -0.235. The monoisotopic (exact) mass is 357 g/mol. The molecule has 2 N–H and O–H groups in total. The number of hydrogen-bond acceptors (Lipinski definition) is 3. The van der Waals surface area contributed by atoms with Crippen LogP contribution in [0.2, 0.25) is 0 Å². The lowest BCUT2D eigenvalue weighted by Gasteiger charge is -2.50. The lowest BCUT2D eigenvalue weighted by atomic mass is 9.75. The van der Waals surface area contributed by atoms with Gasteiger partial charge in [-0.25, -0.2) is 4.39 Å². The fraction of sp³-hybridized carbons (Fsp3) is 0.625. The van der Waals surface area contributed by atoms with Crippen molar-refractivity contribution in [3.63, 3.8) is 0 Å². The van der Waals surface area contributed by atoms with Gasteiger partial charge in [-0.15, -0.1) is 0 Å². The van der Waals surface area contributed by atoms with E-state index in [0.717, 1.165) is 12.1 Å². The van der Waals surface area contributed by atoms with Gasteiger partial charge in [0, 0.05) is 24.7 Å². The number of nitrogens with zero attached hydrogens (tertiary/aromatic N) is 2. The standard InChI is InChI=1S/C16H25BrFN3/c1-20(2)16(7-4-8-16)11-21(3)15(10-19)12-5-6-14(18)13(17)9-12/h5-6,9,15H,4,7-8,10-11,19H2,1-3H3. The summed E-state index contributed by atoms with van der Waals surface area (Å²) >= 11 is 3.26. The van der Waals surface area contributed by atoms with E-state index in [1.807, 2.05) is 12.1 Å². The maximum atomic E-state index is 13.4. The SMILES string of the molecule is CN(CC1(N(C)C)CCC1)C(CN)c1ccc(F)c(Br)c1. The van der Waals surface area contributed by atoms with Crippen molar-refractivity contribution in [2.75, 3.05) is 34.2 Å². The van der Waals surface area contributed by atoms with Crippen molar-refractivity contribution in [2.24, 2.45) is 5.73 Å². The summed E-state index contributed by atoms with van der Waals surface area (Å²) in [5, 5.41) is 0. The number of likely N-dealkylation sites (N-methyl/N-ethyl adjacent to an activating group) is 2. The number of hydrogen-bond donors (Lipinski definition) is 1. The quantitative estimate of drug-likeness (QED) is 0.849. The first-order valence-electron chi connectivity index (χ1n) is 7.42. The van der Waals surface area contributed by atoms with Crippen molar-refractivity contribution in [1.82, 2.24) is 9.80 Å². The highest BCUT2D eigenvalue weighted by Crippen LogP contribution is 2.38. The zero-order chi connectivity index (χ0) is 15.6. The summed E-state index contributed by atoms with van der Waals surface area (Å²) < 4.78 is 13.9. The van der Waals surface area contributed by atoms with Crippen LogP contribution in [-0.4, -0.2) is 49.6 Å². The number of halogens is 2. The summed E-state index contributed by atoms with van der Waals surface area (Å²) in [5.41, 5.74) is 7.30. The first-order chi connectivity index (χ1) is 9.89. The predicted molar refractivity (Wildman–Crippen MR) is 88.8 cm³/mol.